The summed E-state index contributed by atoms with van der Waals surface area (Å²) in [5.74, 6) is 1.65. The van der Waals surface area contributed by atoms with Gasteiger partial charge in [0.25, 0.3) is 5.56 Å². The van der Waals surface area contributed by atoms with Gasteiger partial charge in [0, 0.05) is 36.2 Å². The van der Waals surface area contributed by atoms with Gasteiger partial charge in [0.05, 0.1) is 28.1 Å². The van der Waals surface area contributed by atoms with Gasteiger partial charge in [-0.15, -0.1) is 0 Å². The maximum absolute atomic E-state index is 12.3. The predicted molar refractivity (Wildman–Crippen MR) is 146 cm³/mol. The van der Waals surface area contributed by atoms with Gasteiger partial charge in [-0.05, 0) is 62.4 Å². The van der Waals surface area contributed by atoms with Crippen LogP contribution in [0.1, 0.15) is 36.0 Å². The van der Waals surface area contributed by atoms with Gasteiger partial charge < -0.3 is 24.7 Å². The molecule has 4 aromatic rings. The van der Waals surface area contributed by atoms with Crippen molar-refractivity contribution in [3.05, 3.63) is 100 Å². The zero-order chi connectivity index (χ0) is 25.4. The summed E-state index contributed by atoms with van der Waals surface area (Å²) in [4.78, 5) is 23.9. The number of aromatic amines is 1. The topological polar surface area (TPSA) is 79.5 Å². The van der Waals surface area contributed by atoms with E-state index in [1.807, 2.05) is 55.5 Å². The first-order valence-electron chi connectivity index (χ1n) is 12.4. The van der Waals surface area contributed by atoms with Crippen molar-refractivity contribution >= 4 is 23.1 Å². The molecule has 2 aliphatic rings. The number of pyridine rings is 2. The molecule has 37 heavy (non-hydrogen) atoms. The largest absolute Gasteiger partial charge is 0.455 e. The second-order valence-corrected chi connectivity index (χ2v) is 10.4. The van der Waals surface area contributed by atoms with Crippen LogP contribution in [0.15, 0.2) is 87.5 Å². The van der Waals surface area contributed by atoms with E-state index in [1.54, 1.807) is 18.0 Å². The van der Waals surface area contributed by atoms with Crippen molar-refractivity contribution in [3.8, 4) is 11.5 Å². The molecule has 0 bridgehead atoms. The fraction of sp³-hybridized carbons (Fsp3) is 0.241. The molecular weight excluding hydrogens is 484 g/mol. The number of hydrogen-bond donors (Lipinski definition) is 2. The predicted octanol–water partition coefficient (Wildman–Crippen LogP) is 6.09. The highest BCUT2D eigenvalue weighted by Crippen LogP contribution is 2.51. The molecule has 2 N–H and O–H groups in total. The number of para-hydroxylation sites is 1. The van der Waals surface area contributed by atoms with Crippen molar-refractivity contribution in [2.75, 3.05) is 29.9 Å². The molecule has 2 aromatic heterocycles. The minimum Gasteiger partial charge on any atom is -0.455 e. The number of hydrogen-bond acceptors (Lipinski definition) is 7. The summed E-state index contributed by atoms with van der Waals surface area (Å²) in [6, 6.07) is 22.2. The van der Waals surface area contributed by atoms with Crippen LogP contribution in [0.3, 0.4) is 0 Å². The fourth-order valence-corrected chi connectivity index (χ4v) is 5.85. The molecule has 0 spiro atoms. The third-order valence-electron chi connectivity index (χ3n) is 6.67. The average Bonchev–Trinajstić information content (AvgIpc) is 2.92. The Labute approximate surface area is 219 Å². The minimum absolute atomic E-state index is 0.0783. The first-order valence-corrected chi connectivity index (χ1v) is 13.2. The van der Waals surface area contributed by atoms with Gasteiger partial charge in [-0.1, -0.05) is 30.0 Å². The monoisotopic (exact) mass is 512 g/mol. The first kappa shape index (κ1) is 23.6. The van der Waals surface area contributed by atoms with Crippen molar-refractivity contribution < 1.29 is 9.47 Å². The number of benzene rings is 2. The van der Waals surface area contributed by atoms with Crippen LogP contribution in [0.5, 0.6) is 11.5 Å². The normalized spacial score (nSPS) is 17.4. The van der Waals surface area contributed by atoms with Crippen LogP contribution in [0.2, 0.25) is 0 Å². The average molecular weight is 513 g/mol. The Balaban J connectivity index is 1.22. The van der Waals surface area contributed by atoms with Crippen LogP contribution in [-0.4, -0.2) is 29.7 Å². The van der Waals surface area contributed by atoms with E-state index in [0.29, 0.717) is 25.4 Å². The Hall–Kier alpha value is -3.75. The van der Waals surface area contributed by atoms with Gasteiger partial charge in [0.15, 0.2) is 0 Å². The van der Waals surface area contributed by atoms with E-state index in [4.69, 9.17) is 9.47 Å². The second-order valence-electron chi connectivity index (χ2n) is 9.30. The fourth-order valence-electron chi connectivity index (χ4n) is 4.81. The Kier molecular flexibility index (Phi) is 6.36. The van der Waals surface area contributed by atoms with E-state index in [0.717, 1.165) is 43.9 Å². The number of aromatic nitrogens is 2. The molecule has 2 atom stereocenters. The Morgan fingerprint density at radius 3 is 2.86 bits per heavy atom. The highest BCUT2D eigenvalue weighted by atomic mass is 32.2. The smallest absolute Gasteiger partial charge is 0.271 e. The molecule has 4 heterocycles. The molecule has 2 aromatic carbocycles. The molecule has 188 valence electrons. The molecule has 0 aliphatic carbocycles. The first-order chi connectivity index (χ1) is 18.0. The van der Waals surface area contributed by atoms with Crippen LogP contribution in [0.4, 0.5) is 11.4 Å². The number of fused-ring (bicyclic) bond motifs is 2. The summed E-state index contributed by atoms with van der Waals surface area (Å²) in [6.07, 6.45) is 1.45. The molecule has 7 nitrogen and oxygen atoms in total. The van der Waals surface area contributed by atoms with Gasteiger partial charge >= 0.3 is 0 Å². The maximum Gasteiger partial charge on any atom is 0.271 e. The molecule has 0 radical (unpaired) electrons. The number of morpholine rings is 1. The van der Waals surface area contributed by atoms with Crippen LogP contribution >= 0.6 is 11.8 Å². The van der Waals surface area contributed by atoms with Gasteiger partial charge in [-0.3, -0.25) is 9.78 Å². The van der Waals surface area contributed by atoms with Crippen molar-refractivity contribution in [1.82, 2.24) is 9.97 Å². The molecule has 1 saturated heterocycles. The number of anilines is 2. The number of nitrogens with zero attached hydrogens (tertiary/aromatic N) is 2. The minimum atomic E-state index is -0.200. The summed E-state index contributed by atoms with van der Waals surface area (Å²) >= 11 is 1.70. The number of H-pyrrole nitrogens is 1. The van der Waals surface area contributed by atoms with Crippen molar-refractivity contribution in [1.29, 1.82) is 0 Å². The molecule has 0 saturated carbocycles. The van der Waals surface area contributed by atoms with Crippen molar-refractivity contribution in [2.45, 2.75) is 35.8 Å². The van der Waals surface area contributed by atoms with E-state index >= 15 is 0 Å². The number of aryl methyl sites for hydroxylation is 1. The standard InChI is InChI=1S/C29H28N4O3S/c1-18-6-3-8-22(31-18)19(2)32-20-11-12-24-27(16-20)37-26-10-4-7-21(28(26)36-24)25-17-33(14-15-35-25)23-9-5-13-30-29(23)34/h3-13,16,19,25,32H,14-15,17H2,1-2H3,(H,30,34). The molecule has 2 unspecified atom stereocenters. The molecule has 8 heteroatoms. The number of ether oxygens (including phenoxy) is 2. The van der Waals surface area contributed by atoms with Crippen LogP contribution in [0, 0.1) is 6.92 Å². The third-order valence-corrected chi connectivity index (χ3v) is 7.75. The Morgan fingerprint density at radius 1 is 1.11 bits per heavy atom. The number of rotatable bonds is 5. The molecule has 6 rings (SSSR count). The zero-order valence-corrected chi connectivity index (χ0v) is 21.5. The zero-order valence-electron chi connectivity index (χ0n) is 20.7. The van der Waals surface area contributed by atoms with Gasteiger partial charge in [-0.25, -0.2) is 0 Å². The third kappa shape index (κ3) is 4.82. The maximum atomic E-state index is 12.3. The lowest BCUT2D eigenvalue weighted by Gasteiger charge is -2.35. The molecule has 0 amide bonds. The van der Waals surface area contributed by atoms with Crippen LogP contribution in [-0.2, 0) is 4.74 Å². The summed E-state index contributed by atoms with van der Waals surface area (Å²) in [5, 5.41) is 3.56. The summed E-state index contributed by atoms with van der Waals surface area (Å²) in [7, 11) is 0. The molecular formula is C29H28N4O3S. The van der Waals surface area contributed by atoms with E-state index < -0.39 is 0 Å². The number of nitrogens with one attached hydrogen (secondary N) is 2. The van der Waals surface area contributed by atoms with Gasteiger partial charge in [0.2, 0.25) is 0 Å². The quantitative estimate of drug-likeness (QED) is 0.295. The summed E-state index contributed by atoms with van der Waals surface area (Å²) in [6.45, 7) is 5.91. The van der Waals surface area contributed by atoms with E-state index in [9.17, 15) is 4.79 Å². The van der Waals surface area contributed by atoms with Crippen molar-refractivity contribution in [3.63, 3.8) is 0 Å². The highest BCUT2D eigenvalue weighted by Gasteiger charge is 2.29. The lowest BCUT2D eigenvalue weighted by molar-refractivity contribution is 0.0382. The van der Waals surface area contributed by atoms with E-state index in [-0.39, 0.29) is 17.7 Å². The summed E-state index contributed by atoms with van der Waals surface area (Å²) in [5.41, 5.74) is 4.61. The SMILES string of the molecule is Cc1cccc(C(C)Nc2ccc3c(c2)Sc2cccc(C4CN(c5ccc[nH]c5=O)CCO4)c2O3)n1. The lowest BCUT2D eigenvalue weighted by atomic mass is 10.1. The van der Waals surface area contributed by atoms with E-state index in [1.165, 1.54) is 0 Å². The highest BCUT2D eigenvalue weighted by molar-refractivity contribution is 7.99. The van der Waals surface area contributed by atoms with Gasteiger partial charge in [0.1, 0.15) is 23.3 Å². The lowest BCUT2D eigenvalue weighted by Crippen LogP contribution is -2.41. The van der Waals surface area contributed by atoms with E-state index in [2.05, 4.69) is 45.3 Å². The summed E-state index contributed by atoms with van der Waals surface area (Å²) < 4.78 is 12.6. The van der Waals surface area contributed by atoms with Gasteiger partial charge in [-0.2, -0.15) is 0 Å². The molecule has 2 aliphatic heterocycles. The second kappa shape index (κ2) is 9.95. The Morgan fingerprint density at radius 2 is 2.00 bits per heavy atom. The van der Waals surface area contributed by atoms with Crippen molar-refractivity contribution in [2.24, 2.45) is 0 Å². The molecule has 1 fully saturated rings. The van der Waals surface area contributed by atoms with Crippen LogP contribution < -0.4 is 20.5 Å². The van der Waals surface area contributed by atoms with Crippen LogP contribution in [0.25, 0.3) is 0 Å². The Bertz CT molecular complexity index is 1500.